The van der Waals surface area contributed by atoms with Crippen molar-refractivity contribution in [2.45, 2.75) is 0 Å². The fraction of sp³-hybridized carbons (Fsp3) is 0.286. The predicted molar refractivity (Wildman–Crippen MR) is 72.7 cm³/mol. The number of benzene rings is 1. The van der Waals surface area contributed by atoms with Gasteiger partial charge in [-0.05, 0) is 23.8 Å². The summed E-state index contributed by atoms with van der Waals surface area (Å²) in [6.07, 6.45) is 0. The van der Waals surface area contributed by atoms with E-state index in [4.69, 9.17) is 4.74 Å². The number of hydrogen-bond donors (Lipinski definition) is 0. The molecule has 0 amide bonds. The number of nitrogens with zero attached hydrogens (tertiary/aromatic N) is 1. The lowest BCUT2D eigenvalue weighted by Gasteiger charge is -2.27. The van der Waals surface area contributed by atoms with E-state index < -0.39 is 0 Å². The van der Waals surface area contributed by atoms with Gasteiger partial charge in [0.2, 0.25) is 0 Å². The molecule has 0 spiro atoms. The highest BCUT2D eigenvalue weighted by atomic mass is 32.1. The minimum absolute atomic E-state index is 0.191. The number of thiophene rings is 1. The van der Waals surface area contributed by atoms with Crippen LogP contribution in [0.3, 0.4) is 0 Å². The highest BCUT2D eigenvalue weighted by molar-refractivity contribution is 7.14. The fourth-order valence-corrected chi connectivity index (χ4v) is 3.00. The van der Waals surface area contributed by atoms with Crippen molar-refractivity contribution in [2.24, 2.45) is 0 Å². The number of halogens is 1. The molecular weight excluding hydrogens is 249 g/mol. The maximum Gasteiger partial charge on any atom is 0.123 e. The van der Waals surface area contributed by atoms with E-state index in [0.717, 1.165) is 31.9 Å². The van der Waals surface area contributed by atoms with Gasteiger partial charge in [-0.25, -0.2) is 4.39 Å². The Kier molecular flexibility index (Phi) is 3.30. The van der Waals surface area contributed by atoms with Gasteiger partial charge in [0.15, 0.2) is 0 Å². The van der Waals surface area contributed by atoms with Crippen LogP contribution in [0.15, 0.2) is 35.7 Å². The molecule has 1 fully saturated rings. The van der Waals surface area contributed by atoms with Gasteiger partial charge in [0.25, 0.3) is 0 Å². The summed E-state index contributed by atoms with van der Waals surface area (Å²) in [6, 6.07) is 8.82. The third-order valence-electron chi connectivity index (χ3n) is 3.09. The molecule has 18 heavy (non-hydrogen) atoms. The molecule has 2 heterocycles. The van der Waals surface area contributed by atoms with Crippen LogP contribution in [0.1, 0.15) is 0 Å². The molecule has 1 aliphatic rings. The molecule has 1 aliphatic heterocycles. The van der Waals surface area contributed by atoms with E-state index in [1.807, 2.05) is 12.1 Å². The van der Waals surface area contributed by atoms with Crippen LogP contribution in [0, 0.1) is 5.82 Å². The van der Waals surface area contributed by atoms with E-state index in [1.165, 1.54) is 22.7 Å². The normalized spacial score (nSPS) is 15.9. The highest BCUT2D eigenvalue weighted by Crippen LogP contribution is 2.32. The van der Waals surface area contributed by atoms with Crippen LogP contribution in [0.4, 0.5) is 10.1 Å². The van der Waals surface area contributed by atoms with Crippen molar-refractivity contribution in [1.29, 1.82) is 0 Å². The molecule has 3 rings (SSSR count). The summed E-state index contributed by atoms with van der Waals surface area (Å²) in [5, 5.41) is 2.16. The molecule has 2 aromatic rings. The van der Waals surface area contributed by atoms with E-state index >= 15 is 0 Å². The monoisotopic (exact) mass is 263 g/mol. The van der Waals surface area contributed by atoms with Crippen molar-refractivity contribution < 1.29 is 9.13 Å². The zero-order valence-electron chi connectivity index (χ0n) is 9.93. The number of rotatable bonds is 2. The van der Waals surface area contributed by atoms with Crippen LogP contribution < -0.4 is 4.90 Å². The minimum Gasteiger partial charge on any atom is -0.378 e. The summed E-state index contributed by atoms with van der Waals surface area (Å²) >= 11 is 1.70. The van der Waals surface area contributed by atoms with E-state index in [2.05, 4.69) is 16.3 Å². The fourth-order valence-electron chi connectivity index (χ4n) is 2.08. The van der Waals surface area contributed by atoms with Gasteiger partial charge in [-0.1, -0.05) is 12.1 Å². The zero-order valence-corrected chi connectivity index (χ0v) is 10.8. The lowest BCUT2D eigenvalue weighted by molar-refractivity contribution is 0.123. The second kappa shape index (κ2) is 5.08. The van der Waals surface area contributed by atoms with Crippen molar-refractivity contribution >= 4 is 17.0 Å². The van der Waals surface area contributed by atoms with Gasteiger partial charge in [-0.15, -0.1) is 11.3 Å². The Morgan fingerprint density at radius 3 is 2.56 bits per heavy atom. The minimum atomic E-state index is -0.191. The standard InChI is InChI=1S/C14H14FNOS/c15-12-3-1-11(2-4-12)14-9-13(10-18-14)16-5-7-17-8-6-16/h1-4,9-10H,5-8H2. The summed E-state index contributed by atoms with van der Waals surface area (Å²) in [5.74, 6) is -0.191. The number of ether oxygens (including phenoxy) is 1. The number of anilines is 1. The molecule has 1 aromatic carbocycles. The zero-order chi connectivity index (χ0) is 12.4. The topological polar surface area (TPSA) is 12.5 Å². The first-order valence-corrected chi connectivity index (χ1v) is 6.88. The van der Waals surface area contributed by atoms with Crippen LogP contribution >= 0.6 is 11.3 Å². The van der Waals surface area contributed by atoms with Crippen molar-refractivity contribution in [3.8, 4) is 10.4 Å². The predicted octanol–water partition coefficient (Wildman–Crippen LogP) is 3.39. The molecule has 4 heteroatoms. The molecule has 1 saturated heterocycles. The van der Waals surface area contributed by atoms with Crippen LogP contribution in [0.2, 0.25) is 0 Å². The molecular formula is C14H14FNOS. The molecule has 0 unspecified atom stereocenters. The summed E-state index contributed by atoms with van der Waals surface area (Å²) < 4.78 is 18.2. The van der Waals surface area contributed by atoms with Crippen LogP contribution in [0.25, 0.3) is 10.4 Å². The summed E-state index contributed by atoms with van der Waals surface area (Å²) in [6.45, 7) is 3.47. The Balaban J connectivity index is 1.82. The van der Waals surface area contributed by atoms with E-state index in [9.17, 15) is 4.39 Å². The summed E-state index contributed by atoms with van der Waals surface area (Å²) in [4.78, 5) is 3.50. The number of morpholine rings is 1. The Hall–Kier alpha value is -1.39. The van der Waals surface area contributed by atoms with Crippen LogP contribution in [0.5, 0.6) is 0 Å². The van der Waals surface area contributed by atoms with E-state index in [-0.39, 0.29) is 5.82 Å². The van der Waals surface area contributed by atoms with E-state index in [1.54, 1.807) is 11.3 Å². The van der Waals surface area contributed by atoms with Gasteiger partial charge in [-0.3, -0.25) is 0 Å². The summed E-state index contributed by atoms with van der Waals surface area (Å²) in [7, 11) is 0. The molecule has 0 bridgehead atoms. The largest absolute Gasteiger partial charge is 0.378 e. The van der Waals surface area contributed by atoms with Crippen LogP contribution in [-0.4, -0.2) is 26.3 Å². The van der Waals surface area contributed by atoms with Gasteiger partial charge in [0.05, 0.1) is 13.2 Å². The first kappa shape index (κ1) is 11.7. The van der Waals surface area contributed by atoms with Crippen molar-refractivity contribution in [3.63, 3.8) is 0 Å². The lowest BCUT2D eigenvalue weighted by Crippen LogP contribution is -2.35. The van der Waals surface area contributed by atoms with Crippen molar-refractivity contribution in [3.05, 3.63) is 41.5 Å². The SMILES string of the molecule is Fc1ccc(-c2cc(N3CCOCC3)cs2)cc1. The Morgan fingerprint density at radius 1 is 1.11 bits per heavy atom. The van der Waals surface area contributed by atoms with Gasteiger partial charge in [-0.2, -0.15) is 0 Å². The molecule has 94 valence electrons. The molecule has 0 atom stereocenters. The maximum absolute atomic E-state index is 12.9. The first-order valence-electron chi connectivity index (χ1n) is 6.00. The average molecular weight is 263 g/mol. The highest BCUT2D eigenvalue weighted by Gasteiger charge is 2.13. The third-order valence-corrected chi connectivity index (χ3v) is 4.06. The Labute approximate surface area is 110 Å². The summed E-state index contributed by atoms with van der Waals surface area (Å²) in [5.41, 5.74) is 2.31. The third kappa shape index (κ3) is 2.40. The first-order chi connectivity index (χ1) is 8.83. The van der Waals surface area contributed by atoms with Crippen molar-refractivity contribution in [1.82, 2.24) is 0 Å². The van der Waals surface area contributed by atoms with Gasteiger partial charge in [0.1, 0.15) is 5.82 Å². The Bertz CT molecular complexity index is 517. The van der Waals surface area contributed by atoms with Crippen molar-refractivity contribution in [2.75, 3.05) is 31.2 Å². The molecule has 0 aliphatic carbocycles. The average Bonchev–Trinajstić information content (AvgIpc) is 2.90. The molecule has 0 saturated carbocycles. The number of hydrogen-bond acceptors (Lipinski definition) is 3. The molecule has 1 aromatic heterocycles. The quantitative estimate of drug-likeness (QED) is 0.823. The second-order valence-electron chi connectivity index (χ2n) is 4.28. The van der Waals surface area contributed by atoms with Crippen LogP contribution in [-0.2, 0) is 4.74 Å². The van der Waals surface area contributed by atoms with Gasteiger partial charge >= 0.3 is 0 Å². The van der Waals surface area contributed by atoms with Gasteiger partial charge < -0.3 is 9.64 Å². The lowest BCUT2D eigenvalue weighted by atomic mass is 10.2. The molecule has 0 N–H and O–H groups in total. The second-order valence-corrected chi connectivity index (χ2v) is 5.19. The molecule has 0 radical (unpaired) electrons. The smallest absolute Gasteiger partial charge is 0.123 e. The Morgan fingerprint density at radius 2 is 1.83 bits per heavy atom. The van der Waals surface area contributed by atoms with Gasteiger partial charge in [0, 0.05) is 29.0 Å². The van der Waals surface area contributed by atoms with E-state index in [0.29, 0.717) is 0 Å². The molecule has 2 nitrogen and oxygen atoms in total. The maximum atomic E-state index is 12.9.